The molecule has 1 aliphatic rings. The summed E-state index contributed by atoms with van der Waals surface area (Å²) in [6.07, 6.45) is 2.18. The first-order valence-corrected chi connectivity index (χ1v) is 8.22. The minimum Gasteiger partial charge on any atom is -0.326 e. The van der Waals surface area contributed by atoms with Crippen molar-refractivity contribution >= 4 is 21.6 Å². The van der Waals surface area contributed by atoms with Crippen molar-refractivity contribution in [2.24, 2.45) is 11.7 Å². The highest BCUT2D eigenvalue weighted by Crippen LogP contribution is 2.33. The number of halogens is 1. The first-order valence-electron chi connectivity index (χ1n) is 6.36. The maximum atomic E-state index is 12.4. The van der Waals surface area contributed by atoms with Crippen LogP contribution in [0.1, 0.15) is 30.9 Å². The lowest BCUT2D eigenvalue weighted by Gasteiger charge is -2.16. The van der Waals surface area contributed by atoms with E-state index in [1.807, 2.05) is 6.92 Å². The Labute approximate surface area is 119 Å². The fourth-order valence-corrected chi connectivity index (χ4v) is 4.13. The molecule has 1 aromatic rings. The quantitative estimate of drug-likeness (QED) is 0.875. The molecule has 6 heteroatoms. The minimum atomic E-state index is -3.54. The van der Waals surface area contributed by atoms with Crippen LogP contribution in [-0.4, -0.2) is 14.5 Å². The highest BCUT2D eigenvalue weighted by molar-refractivity contribution is 7.89. The standard InChI is InChI=1S/C13H19ClN2O2S/c1-8-11(7-15)5-12(14)6-13(8)19(17,18)16-9(2)10-3-4-10/h5-6,9-10,16H,3-4,7,15H2,1-2H3. The van der Waals surface area contributed by atoms with Crippen molar-refractivity contribution in [3.63, 3.8) is 0 Å². The van der Waals surface area contributed by atoms with Gasteiger partial charge >= 0.3 is 0 Å². The summed E-state index contributed by atoms with van der Waals surface area (Å²) < 4.78 is 27.5. The van der Waals surface area contributed by atoms with E-state index >= 15 is 0 Å². The van der Waals surface area contributed by atoms with Crippen LogP contribution in [0, 0.1) is 12.8 Å². The Bertz CT molecular complexity index is 583. The normalized spacial score (nSPS) is 17.5. The summed E-state index contributed by atoms with van der Waals surface area (Å²) >= 11 is 5.97. The van der Waals surface area contributed by atoms with E-state index in [1.54, 1.807) is 13.0 Å². The molecule has 0 amide bonds. The van der Waals surface area contributed by atoms with Gasteiger partial charge in [0.25, 0.3) is 0 Å². The fraction of sp³-hybridized carbons (Fsp3) is 0.538. The molecule has 0 saturated heterocycles. The Morgan fingerprint density at radius 2 is 2.11 bits per heavy atom. The van der Waals surface area contributed by atoms with Crippen LogP contribution in [0.4, 0.5) is 0 Å². The van der Waals surface area contributed by atoms with Gasteiger partial charge in [0.15, 0.2) is 0 Å². The second kappa shape index (κ2) is 5.40. The molecule has 0 bridgehead atoms. The predicted octanol–water partition coefficient (Wildman–Crippen LogP) is 2.18. The Morgan fingerprint density at radius 3 is 2.63 bits per heavy atom. The lowest BCUT2D eigenvalue weighted by molar-refractivity contribution is 0.537. The number of benzene rings is 1. The summed E-state index contributed by atoms with van der Waals surface area (Å²) in [5, 5.41) is 0.394. The summed E-state index contributed by atoms with van der Waals surface area (Å²) in [5.41, 5.74) is 7.04. The van der Waals surface area contributed by atoms with Crippen molar-refractivity contribution in [3.05, 3.63) is 28.3 Å². The highest BCUT2D eigenvalue weighted by atomic mass is 35.5. The lowest BCUT2D eigenvalue weighted by atomic mass is 10.1. The van der Waals surface area contributed by atoms with Crippen LogP contribution >= 0.6 is 11.6 Å². The largest absolute Gasteiger partial charge is 0.326 e. The van der Waals surface area contributed by atoms with Gasteiger partial charge in [0.05, 0.1) is 4.90 Å². The van der Waals surface area contributed by atoms with Crippen LogP contribution in [0.15, 0.2) is 17.0 Å². The molecule has 1 aliphatic carbocycles. The van der Waals surface area contributed by atoms with Gasteiger partial charge in [-0.15, -0.1) is 0 Å². The lowest BCUT2D eigenvalue weighted by Crippen LogP contribution is -2.34. The van der Waals surface area contributed by atoms with Gasteiger partial charge in [-0.05, 0) is 55.9 Å². The van der Waals surface area contributed by atoms with Crippen molar-refractivity contribution < 1.29 is 8.42 Å². The van der Waals surface area contributed by atoms with Crippen LogP contribution in [0.2, 0.25) is 5.02 Å². The smallest absolute Gasteiger partial charge is 0.241 e. The van der Waals surface area contributed by atoms with Crippen molar-refractivity contribution in [2.45, 2.75) is 44.2 Å². The van der Waals surface area contributed by atoms with E-state index in [0.29, 0.717) is 16.5 Å². The molecule has 1 aromatic carbocycles. The van der Waals surface area contributed by atoms with Gasteiger partial charge in [-0.2, -0.15) is 0 Å². The maximum Gasteiger partial charge on any atom is 0.241 e. The highest BCUT2D eigenvalue weighted by Gasteiger charge is 2.31. The van der Waals surface area contributed by atoms with E-state index in [-0.39, 0.29) is 17.5 Å². The molecule has 106 valence electrons. The molecule has 1 unspecified atom stereocenters. The molecule has 3 N–H and O–H groups in total. The number of hydrogen-bond acceptors (Lipinski definition) is 3. The zero-order chi connectivity index (χ0) is 14.2. The first kappa shape index (κ1) is 14.8. The third-order valence-corrected chi connectivity index (χ3v) is 5.52. The molecule has 1 fully saturated rings. The van der Waals surface area contributed by atoms with E-state index in [0.717, 1.165) is 18.4 Å². The van der Waals surface area contributed by atoms with E-state index < -0.39 is 10.0 Å². The summed E-state index contributed by atoms with van der Waals surface area (Å²) in [5.74, 6) is 0.461. The second-order valence-corrected chi connectivity index (χ2v) is 7.26. The Kier molecular flexibility index (Phi) is 4.20. The van der Waals surface area contributed by atoms with Gasteiger partial charge in [-0.25, -0.2) is 13.1 Å². The zero-order valence-electron chi connectivity index (χ0n) is 11.1. The van der Waals surface area contributed by atoms with Gasteiger partial charge in [-0.1, -0.05) is 11.6 Å². The fourth-order valence-electron chi connectivity index (χ4n) is 2.20. The Morgan fingerprint density at radius 1 is 1.47 bits per heavy atom. The van der Waals surface area contributed by atoms with Crippen LogP contribution < -0.4 is 10.5 Å². The molecule has 1 saturated carbocycles. The van der Waals surface area contributed by atoms with E-state index in [1.165, 1.54) is 6.07 Å². The third-order valence-electron chi connectivity index (χ3n) is 3.61. The van der Waals surface area contributed by atoms with Gasteiger partial charge in [0, 0.05) is 17.6 Å². The predicted molar refractivity (Wildman–Crippen MR) is 76.6 cm³/mol. The number of rotatable bonds is 5. The number of nitrogens with one attached hydrogen (secondary N) is 1. The molecule has 0 radical (unpaired) electrons. The maximum absolute atomic E-state index is 12.4. The van der Waals surface area contributed by atoms with Crippen LogP contribution in [0.3, 0.4) is 0 Å². The van der Waals surface area contributed by atoms with Gasteiger partial charge in [-0.3, -0.25) is 0 Å². The molecule has 4 nitrogen and oxygen atoms in total. The van der Waals surface area contributed by atoms with E-state index in [9.17, 15) is 8.42 Å². The average Bonchev–Trinajstić information content (AvgIpc) is 3.14. The van der Waals surface area contributed by atoms with Crippen LogP contribution in [0.25, 0.3) is 0 Å². The number of hydrogen-bond donors (Lipinski definition) is 2. The molecule has 1 atom stereocenters. The molecular weight excluding hydrogens is 284 g/mol. The van der Waals surface area contributed by atoms with Gasteiger partial charge in [0.2, 0.25) is 10.0 Å². The number of sulfonamides is 1. The Balaban J connectivity index is 2.36. The number of nitrogens with two attached hydrogens (primary N) is 1. The third kappa shape index (κ3) is 3.28. The van der Waals surface area contributed by atoms with Crippen molar-refractivity contribution in [1.29, 1.82) is 0 Å². The summed E-state index contributed by atoms with van der Waals surface area (Å²) in [4.78, 5) is 0.230. The topological polar surface area (TPSA) is 72.2 Å². The molecule has 0 heterocycles. The van der Waals surface area contributed by atoms with Crippen molar-refractivity contribution in [2.75, 3.05) is 0 Å². The molecule has 0 aromatic heterocycles. The molecule has 0 aliphatic heterocycles. The summed E-state index contributed by atoms with van der Waals surface area (Å²) in [6.45, 7) is 3.93. The first-order chi connectivity index (χ1) is 8.85. The van der Waals surface area contributed by atoms with Crippen LogP contribution in [0.5, 0.6) is 0 Å². The van der Waals surface area contributed by atoms with Crippen molar-refractivity contribution in [3.8, 4) is 0 Å². The van der Waals surface area contributed by atoms with Crippen molar-refractivity contribution in [1.82, 2.24) is 4.72 Å². The van der Waals surface area contributed by atoms with E-state index in [4.69, 9.17) is 17.3 Å². The summed E-state index contributed by atoms with van der Waals surface area (Å²) in [6, 6.07) is 3.16. The average molecular weight is 303 g/mol. The monoisotopic (exact) mass is 302 g/mol. The second-order valence-electron chi connectivity index (χ2n) is 5.14. The SMILES string of the molecule is Cc1c(CN)cc(Cl)cc1S(=O)(=O)NC(C)C1CC1. The van der Waals surface area contributed by atoms with Gasteiger partial charge in [0.1, 0.15) is 0 Å². The van der Waals surface area contributed by atoms with Crippen LogP contribution in [-0.2, 0) is 16.6 Å². The molecule has 2 rings (SSSR count). The minimum absolute atomic E-state index is 0.0373. The zero-order valence-corrected chi connectivity index (χ0v) is 12.7. The summed E-state index contributed by atoms with van der Waals surface area (Å²) in [7, 11) is -3.54. The Hall–Kier alpha value is -0.620. The van der Waals surface area contributed by atoms with Gasteiger partial charge < -0.3 is 5.73 Å². The van der Waals surface area contributed by atoms with E-state index in [2.05, 4.69) is 4.72 Å². The molecule has 0 spiro atoms. The molecular formula is C13H19ClN2O2S. The molecule has 19 heavy (non-hydrogen) atoms.